The van der Waals surface area contributed by atoms with Crippen molar-refractivity contribution < 1.29 is 31.1 Å². The first-order valence-corrected chi connectivity index (χ1v) is 10.8. The summed E-state index contributed by atoms with van der Waals surface area (Å²) in [4.78, 5) is -0.135. The van der Waals surface area contributed by atoms with E-state index in [1.807, 2.05) is 0 Å². The van der Waals surface area contributed by atoms with Crippen molar-refractivity contribution in [3.8, 4) is 5.75 Å². The van der Waals surface area contributed by atoms with Crippen LogP contribution >= 0.6 is 0 Å². The molecule has 1 fully saturated rings. The lowest BCUT2D eigenvalue weighted by atomic mass is 10.1. The number of rotatable bonds is 7. The van der Waals surface area contributed by atoms with Gasteiger partial charge in [0.2, 0.25) is 0 Å². The minimum Gasteiger partial charge on any atom is -0.491 e. The molecule has 9 heteroatoms. The van der Waals surface area contributed by atoms with E-state index in [4.69, 9.17) is 9.47 Å². The fraction of sp³-hybridized carbons (Fsp3) is 0.182. The lowest BCUT2D eigenvalue weighted by Crippen LogP contribution is -2.28. The Hall–Kier alpha value is -3.04. The van der Waals surface area contributed by atoms with Crippen LogP contribution in [0.2, 0.25) is 0 Å². The van der Waals surface area contributed by atoms with Gasteiger partial charge < -0.3 is 9.47 Å². The standard InChI is InChI=1S/C22H18F3NO4S/c23-22(24,25)20-12-11-17(29-14-18-15-30-18)13-21(20)26(16-7-3-1-4-8-16)31(27,28)19-9-5-2-6-10-19/h1-13,18H,14-15H2. The normalized spacial score (nSPS) is 16.0. The van der Waals surface area contributed by atoms with E-state index in [1.165, 1.54) is 42.5 Å². The number of nitrogens with zero attached hydrogens (tertiary/aromatic N) is 1. The maximum Gasteiger partial charge on any atom is 0.418 e. The first kappa shape index (κ1) is 21.2. The summed E-state index contributed by atoms with van der Waals surface area (Å²) in [6, 6.07) is 18.1. The molecule has 1 unspecified atom stereocenters. The Labute approximate surface area is 177 Å². The molecule has 162 valence electrons. The minimum absolute atomic E-state index is 0.0690. The number of para-hydroxylation sites is 1. The van der Waals surface area contributed by atoms with Gasteiger partial charge in [0, 0.05) is 6.07 Å². The van der Waals surface area contributed by atoms with Gasteiger partial charge in [0.05, 0.1) is 28.4 Å². The Morgan fingerprint density at radius 1 is 0.968 bits per heavy atom. The van der Waals surface area contributed by atoms with E-state index < -0.39 is 27.5 Å². The van der Waals surface area contributed by atoms with Gasteiger partial charge in [-0.05, 0) is 36.4 Å². The first-order valence-electron chi connectivity index (χ1n) is 9.38. The molecule has 1 atom stereocenters. The van der Waals surface area contributed by atoms with Gasteiger partial charge in [-0.2, -0.15) is 13.2 Å². The summed E-state index contributed by atoms with van der Waals surface area (Å²) < 4.78 is 79.9. The number of halogens is 3. The van der Waals surface area contributed by atoms with Crippen molar-refractivity contribution >= 4 is 21.4 Å². The number of hydrogen-bond acceptors (Lipinski definition) is 4. The number of benzene rings is 3. The Kier molecular flexibility index (Phi) is 5.63. The third kappa shape index (κ3) is 4.67. The Balaban J connectivity index is 1.90. The van der Waals surface area contributed by atoms with Crippen molar-refractivity contribution in [2.24, 2.45) is 0 Å². The minimum atomic E-state index is -4.79. The molecule has 0 aliphatic carbocycles. The van der Waals surface area contributed by atoms with E-state index in [0.717, 1.165) is 12.1 Å². The molecule has 5 nitrogen and oxygen atoms in total. The largest absolute Gasteiger partial charge is 0.491 e. The highest BCUT2D eigenvalue weighted by atomic mass is 32.2. The maximum absolute atomic E-state index is 13.9. The molecule has 3 aromatic rings. The molecule has 3 aromatic carbocycles. The fourth-order valence-electron chi connectivity index (χ4n) is 3.03. The van der Waals surface area contributed by atoms with Gasteiger partial charge in [-0.25, -0.2) is 12.7 Å². The van der Waals surface area contributed by atoms with Crippen LogP contribution in [-0.4, -0.2) is 27.7 Å². The predicted molar refractivity (Wildman–Crippen MR) is 109 cm³/mol. The summed E-state index contributed by atoms with van der Waals surface area (Å²) in [6.07, 6.45) is -4.89. The fourth-order valence-corrected chi connectivity index (χ4v) is 4.55. The number of alkyl halides is 3. The summed E-state index contributed by atoms with van der Waals surface area (Å²) in [7, 11) is -4.37. The van der Waals surface area contributed by atoms with Gasteiger partial charge in [-0.1, -0.05) is 36.4 Å². The molecular weight excluding hydrogens is 431 g/mol. The van der Waals surface area contributed by atoms with Crippen LogP contribution in [0.25, 0.3) is 0 Å². The molecule has 0 spiro atoms. The maximum atomic E-state index is 13.9. The second kappa shape index (κ2) is 8.24. The summed E-state index contributed by atoms with van der Waals surface area (Å²) in [6.45, 7) is 0.688. The van der Waals surface area contributed by atoms with Crippen LogP contribution in [0.4, 0.5) is 24.5 Å². The molecule has 0 aromatic heterocycles. The van der Waals surface area contributed by atoms with E-state index in [0.29, 0.717) is 10.9 Å². The molecule has 0 radical (unpaired) electrons. The van der Waals surface area contributed by atoms with Crippen LogP contribution < -0.4 is 9.04 Å². The molecule has 1 heterocycles. The number of anilines is 2. The van der Waals surface area contributed by atoms with E-state index in [2.05, 4.69) is 0 Å². The predicted octanol–water partition coefficient (Wildman–Crippen LogP) is 5.01. The van der Waals surface area contributed by atoms with Crippen LogP contribution in [0, 0.1) is 0 Å². The van der Waals surface area contributed by atoms with Gasteiger partial charge in [-0.15, -0.1) is 0 Å². The molecular formula is C22H18F3NO4S. The van der Waals surface area contributed by atoms with E-state index in [9.17, 15) is 21.6 Å². The van der Waals surface area contributed by atoms with E-state index in [1.54, 1.807) is 24.3 Å². The molecule has 0 saturated carbocycles. The summed E-state index contributed by atoms with van der Waals surface area (Å²) >= 11 is 0. The number of ether oxygens (including phenoxy) is 2. The third-order valence-corrected chi connectivity index (χ3v) is 6.36. The van der Waals surface area contributed by atoms with Crippen molar-refractivity contribution in [3.05, 3.63) is 84.4 Å². The van der Waals surface area contributed by atoms with Crippen LogP contribution in [-0.2, 0) is 20.9 Å². The third-order valence-electron chi connectivity index (χ3n) is 4.60. The number of sulfonamides is 1. The Bertz CT molecular complexity index is 1150. The van der Waals surface area contributed by atoms with Gasteiger partial charge >= 0.3 is 6.18 Å². The number of hydrogen-bond donors (Lipinski definition) is 0. The molecule has 1 aliphatic heterocycles. The highest BCUT2D eigenvalue weighted by Crippen LogP contribution is 2.43. The smallest absolute Gasteiger partial charge is 0.418 e. The summed E-state index contributed by atoms with van der Waals surface area (Å²) in [5, 5.41) is 0. The second-order valence-corrected chi connectivity index (χ2v) is 8.65. The second-order valence-electron chi connectivity index (χ2n) is 6.86. The lowest BCUT2D eigenvalue weighted by molar-refractivity contribution is -0.137. The van der Waals surface area contributed by atoms with Gasteiger partial charge in [-0.3, -0.25) is 0 Å². The van der Waals surface area contributed by atoms with E-state index >= 15 is 0 Å². The highest BCUT2D eigenvalue weighted by Gasteiger charge is 2.39. The Morgan fingerprint density at radius 3 is 2.16 bits per heavy atom. The molecule has 31 heavy (non-hydrogen) atoms. The van der Waals surface area contributed by atoms with Crippen molar-refractivity contribution in [1.82, 2.24) is 0 Å². The first-order chi connectivity index (χ1) is 14.8. The summed E-state index contributed by atoms with van der Waals surface area (Å²) in [5.41, 5.74) is -1.57. The number of epoxide rings is 1. The topological polar surface area (TPSA) is 59.1 Å². The van der Waals surface area contributed by atoms with Crippen molar-refractivity contribution in [2.75, 3.05) is 17.5 Å². The average molecular weight is 449 g/mol. The molecule has 1 saturated heterocycles. The molecule has 0 amide bonds. The van der Waals surface area contributed by atoms with Crippen LogP contribution in [0.5, 0.6) is 5.75 Å². The van der Waals surface area contributed by atoms with E-state index in [-0.39, 0.29) is 29.0 Å². The Morgan fingerprint density at radius 2 is 1.58 bits per heavy atom. The highest BCUT2D eigenvalue weighted by molar-refractivity contribution is 7.93. The quantitative estimate of drug-likeness (QED) is 0.476. The summed E-state index contributed by atoms with van der Waals surface area (Å²) in [5.74, 6) is 0.114. The van der Waals surface area contributed by atoms with Crippen molar-refractivity contribution in [1.29, 1.82) is 0 Å². The van der Waals surface area contributed by atoms with Gasteiger partial charge in [0.15, 0.2) is 0 Å². The zero-order valence-corrected chi connectivity index (χ0v) is 16.9. The van der Waals surface area contributed by atoms with Crippen molar-refractivity contribution in [2.45, 2.75) is 17.2 Å². The molecule has 0 N–H and O–H groups in total. The SMILES string of the molecule is O=S(=O)(c1ccccc1)N(c1ccccc1)c1cc(OCC2CO2)ccc1C(F)(F)F. The van der Waals surface area contributed by atoms with Crippen LogP contribution in [0.15, 0.2) is 83.8 Å². The molecule has 1 aliphatic rings. The van der Waals surface area contributed by atoms with Crippen LogP contribution in [0.3, 0.4) is 0 Å². The zero-order valence-electron chi connectivity index (χ0n) is 16.1. The monoisotopic (exact) mass is 449 g/mol. The molecule has 4 rings (SSSR count). The van der Waals surface area contributed by atoms with Gasteiger partial charge in [0.25, 0.3) is 10.0 Å². The van der Waals surface area contributed by atoms with Crippen molar-refractivity contribution in [3.63, 3.8) is 0 Å². The lowest BCUT2D eigenvalue weighted by Gasteiger charge is -2.28. The van der Waals surface area contributed by atoms with Gasteiger partial charge in [0.1, 0.15) is 18.5 Å². The molecule has 0 bridgehead atoms. The van der Waals surface area contributed by atoms with Crippen LogP contribution in [0.1, 0.15) is 5.56 Å². The zero-order chi connectivity index (χ0) is 22.1. The average Bonchev–Trinajstić information content (AvgIpc) is 3.58.